The minimum absolute atomic E-state index is 0. The maximum absolute atomic E-state index is 14.8. The van der Waals surface area contributed by atoms with Crippen molar-refractivity contribution in [3.8, 4) is 0 Å². The number of esters is 1. The summed E-state index contributed by atoms with van der Waals surface area (Å²) in [6.45, 7) is 5.47. The van der Waals surface area contributed by atoms with Gasteiger partial charge in [-0.05, 0) is 30.9 Å². The SMILES string of the molecule is CCOC(=O)OC(OC(C(=O)OC1CC2CCC(C1)[N+]21CCCC1)(c1ccccc1)c1ccccc1)C1CCOCC1.[Cl-]. The van der Waals surface area contributed by atoms with E-state index in [1.165, 1.54) is 43.3 Å². The van der Waals surface area contributed by atoms with E-state index in [-0.39, 0.29) is 31.0 Å². The van der Waals surface area contributed by atoms with Crippen molar-refractivity contribution in [2.24, 2.45) is 5.92 Å². The molecule has 0 aliphatic carbocycles. The van der Waals surface area contributed by atoms with Crippen LogP contribution < -0.4 is 12.4 Å². The Morgan fingerprint density at radius 2 is 1.44 bits per heavy atom. The van der Waals surface area contributed by atoms with Gasteiger partial charge >= 0.3 is 12.1 Å². The Kier molecular flexibility index (Phi) is 10.3. The number of carbonyl (C=O) groups excluding carboxylic acids is 2. The fourth-order valence-electron chi connectivity index (χ4n) is 8.10. The quantitative estimate of drug-likeness (QED) is 0.244. The van der Waals surface area contributed by atoms with Crippen molar-refractivity contribution in [3.05, 3.63) is 71.8 Å². The molecule has 234 valence electrons. The molecule has 1 spiro atoms. The summed E-state index contributed by atoms with van der Waals surface area (Å²) in [6, 6.07) is 20.0. The number of hydrogen-bond donors (Lipinski definition) is 0. The first kappa shape index (κ1) is 31.8. The van der Waals surface area contributed by atoms with E-state index < -0.39 is 24.0 Å². The van der Waals surface area contributed by atoms with Gasteiger partial charge in [-0.1, -0.05) is 60.7 Å². The van der Waals surface area contributed by atoms with E-state index >= 15 is 0 Å². The lowest BCUT2D eigenvalue weighted by atomic mass is 9.85. The second-order valence-electron chi connectivity index (χ2n) is 12.3. The van der Waals surface area contributed by atoms with Crippen LogP contribution in [0.1, 0.15) is 69.4 Å². The maximum atomic E-state index is 14.8. The molecule has 4 heterocycles. The van der Waals surface area contributed by atoms with Gasteiger partial charge in [-0.15, -0.1) is 0 Å². The van der Waals surface area contributed by atoms with Crippen LogP contribution in [0, 0.1) is 5.92 Å². The van der Waals surface area contributed by atoms with Gasteiger partial charge in [0.1, 0.15) is 6.10 Å². The first-order valence-corrected chi connectivity index (χ1v) is 15.8. The van der Waals surface area contributed by atoms with Crippen LogP contribution in [0.2, 0.25) is 0 Å². The molecule has 8 nitrogen and oxygen atoms in total. The number of benzene rings is 2. The third kappa shape index (κ3) is 6.30. The fraction of sp³-hybridized carbons (Fsp3) is 0.588. The molecule has 3 unspecified atom stereocenters. The molecular weight excluding hydrogens is 570 g/mol. The second-order valence-corrected chi connectivity index (χ2v) is 12.3. The molecule has 2 bridgehead atoms. The van der Waals surface area contributed by atoms with Crippen LogP contribution in [0.5, 0.6) is 0 Å². The van der Waals surface area contributed by atoms with Gasteiger partial charge in [-0.2, -0.15) is 0 Å². The normalized spacial score (nSPS) is 25.5. The first-order valence-electron chi connectivity index (χ1n) is 15.8. The molecule has 0 aromatic heterocycles. The Morgan fingerprint density at radius 3 is 1.98 bits per heavy atom. The summed E-state index contributed by atoms with van der Waals surface area (Å²) in [6.07, 6.45) is 5.98. The number of hydrogen-bond acceptors (Lipinski definition) is 7. The van der Waals surface area contributed by atoms with Crippen molar-refractivity contribution in [1.82, 2.24) is 0 Å². The van der Waals surface area contributed by atoms with Crippen LogP contribution >= 0.6 is 0 Å². The molecule has 4 aliphatic rings. The largest absolute Gasteiger partial charge is 1.00 e. The monoisotopic (exact) mass is 613 g/mol. The van der Waals surface area contributed by atoms with Crippen LogP contribution in [0.3, 0.4) is 0 Å². The van der Waals surface area contributed by atoms with Crippen LogP contribution in [0.25, 0.3) is 0 Å². The molecule has 2 aromatic carbocycles. The molecule has 4 saturated heterocycles. The minimum atomic E-state index is -1.64. The Balaban J connectivity index is 0.00000368. The smallest absolute Gasteiger partial charge is 0.510 e. The van der Waals surface area contributed by atoms with Crippen molar-refractivity contribution in [2.75, 3.05) is 32.9 Å². The second kappa shape index (κ2) is 14.0. The van der Waals surface area contributed by atoms with E-state index in [4.69, 9.17) is 23.7 Å². The van der Waals surface area contributed by atoms with Crippen LogP contribution in [0.4, 0.5) is 4.79 Å². The minimum Gasteiger partial charge on any atom is -1.00 e. The van der Waals surface area contributed by atoms with Gasteiger partial charge in [0.15, 0.2) is 0 Å². The van der Waals surface area contributed by atoms with Gasteiger partial charge in [0.05, 0.1) is 31.8 Å². The predicted octanol–water partition coefficient (Wildman–Crippen LogP) is 2.72. The molecular formula is C34H44ClNO7. The molecule has 9 heteroatoms. The third-order valence-corrected chi connectivity index (χ3v) is 10.1. The van der Waals surface area contributed by atoms with Gasteiger partial charge < -0.3 is 40.6 Å². The predicted molar refractivity (Wildman–Crippen MR) is 155 cm³/mol. The summed E-state index contributed by atoms with van der Waals surface area (Å²) < 4.78 is 31.2. The molecule has 2 aromatic rings. The van der Waals surface area contributed by atoms with Gasteiger partial charge in [-0.25, -0.2) is 9.59 Å². The Bertz CT molecular complexity index is 1140. The lowest BCUT2D eigenvalue weighted by Crippen LogP contribution is -3.00. The fourth-order valence-corrected chi connectivity index (χ4v) is 8.10. The summed E-state index contributed by atoms with van der Waals surface area (Å²) >= 11 is 0. The van der Waals surface area contributed by atoms with Gasteiger partial charge in [-0.3, -0.25) is 0 Å². The topological polar surface area (TPSA) is 80.3 Å². The number of ether oxygens (including phenoxy) is 5. The van der Waals surface area contributed by atoms with Crippen molar-refractivity contribution < 1.29 is 50.2 Å². The average Bonchev–Trinajstić information content (AvgIpc) is 3.57. The summed E-state index contributed by atoms with van der Waals surface area (Å²) in [4.78, 5) is 27.4. The molecule has 0 saturated carbocycles. The Hall–Kier alpha value is -2.65. The number of rotatable bonds is 9. The van der Waals surface area contributed by atoms with E-state index in [0.29, 0.717) is 49.3 Å². The standard InChI is InChI=1S/C34H44NO7.ClH/c1-2-39-33(37)41-31(25-17-21-38-22-18-25)42-34(26-11-5-3-6-12-26,27-13-7-4-8-14-27)32(36)40-30-23-28-15-16-29(24-30)35(28)19-9-10-20-35;/h3-8,11-14,25,28-31H,2,9-10,15-24H2,1H3;1H/q+1;/p-1. The summed E-state index contributed by atoms with van der Waals surface area (Å²) in [5.41, 5.74) is -0.380. The van der Waals surface area contributed by atoms with Crippen LogP contribution in [0.15, 0.2) is 60.7 Å². The number of piperidine rings is 1. The number of halogens is 1. The molecule has 4 fully saturated rings. The van der Waals surface area contributed by atoms with Crippen molar-refractivity contribution in [3.63, 3.8) is 0 Å². The zero-order valence-electron chi connectivity index (χ0n) is 25.0. The third-order valence-electron chi connectivity index (χ3n) is 10.1. The number of nitrogens with zero attached hydrogens (tertiary/aromatic N) is 1. The van der Waals surface area contributed by atoms with Gasteiger partial charge in [0.25, 0.3) is 0 Å². The highest BCUT2D eigenvalue weighted by Gasteiger charge is 2.57. The van der Waals surface area contributed by atoms with Crippen molar-refractivity contribution in [1.29, 1.82) is 0 Å². The maximum Gasteiger partial charge on any atom is 0.510 e. The van der Waals surface area contributed by atoms with E-state index in [1.54, 1.807) is 6.92 Å². The number of carbonyl (C=O) groups is 2. The van der Waals surface area contributed by atoms with Crippen molar-refractivity contribution in [2.45, 2.75) is 88.4 Å². The highest BCUT2D eigenvalue weighted by atomic mass is 35.5. The molecule has 0 amide bonds. The molecule has 3 atom stereocenters. The highest BCUT2D eigenvalue weighted by molar-refractivity contribution is 5.86. The molecule has 43 heavy (non-hydrogen) atoms. The summed E-state index contributed by atoms with van der Waals surface area (Å²) in [5, 5.41) is 0. The highest BCUT2D eigenvalue weighted by Crippen LogP contribution is 2.47. The molecule has 0 radical (unpaired) electrons. The van der Waals surface area contributed by atoms with Crippen LogP contribution in [-0.4, -0.2) is 74.0 Å². The number of quaternary nitrogens is 1. The lowest BCUT2D eigenvalue weighted by Gasteiger charge is -2.47. The average molecular weight is 614 g/mol. The van der Waals surface area contributed by atoms with E-state index in [1.807, 2.05) is 60.7 Å². The zero-order valence-corrected chi connectivity index (χ0v) is 25.8. The molecule has 4 aliphatic heterocycles. The molecule has 0 N–H and O–H groups in total. The van der Waals surface area contributed by atoms with E-state index in [9.17, 15) is 9.59 Å². The van der Waals surface area contributed by atoms with E-state index in [0.717, 1.165) is 12.8 Å². The Labute approximate surface area is 261 Å². The zero-order chi connectivity index (χ0) is 29.0. The van der Waals surface area contributed by atoms with Gasteiger partial charge in [0.2, 0.25) is 11.9 Å². The lowest BCUT2D eigenvalue weighted by molar-refractivity contribution is -0.956. The first-order chi connectivity index (χ1) is 20.5. The summed E-state index contributed by atoms with van der Waals surface area (Å²) in [7, 11) is 0. The molecule has 6 rings (SSSR count). The summed E-state index contributed by atoms with van der Waals surface area (Å²) in [5.74, 6) is -0.642. The Morgan fingerprint density at radius 1 is 0.884 bits per heavy atom. The van der Waals surface area contributed by atoms with Gasteiger partial charge in [0, 0.05) is 57.7 Å². The van der Waals surface area contributed by atoms with E-state index in [2.05, 4.69) is 0 Å². The van der Waals surface area contributed by atoms with Crippen molar-refractivity contribution >= 4 is 12.1 Å². The van der Waals surface area contributed by atoms with Crippen LogP contribution in [-0.2, 0) is 34.1 Å².